The van der Waals surface area contributed by atoms with Crippen molar-refractivity contribution in [2.45, 2.75) is 52.6 Å². The molecule has 4 nitrogen and oxygen atoms in total. The largest absolute Gasteiger partial charge is 0.311 e. The molecular formula is C12H23FN2O2. The average Bonchev–Trinajstić information content (AvgIpc) is 2.27. The Labute approximate surface area is 102 Å². The second kappa shape index (κ2) is 7.37. The van der Waals surface area contributed by atoms with E-state index in [9.17, 15) is 14.1 Å². The van der Waals surface area contributed by atoms with Crippen molar-refractivity contribution in [1.82, 2.24) is 10.4 Å². The molecule has 0 radical (unpaired) electrons. The highest BCUT2D eigenvalue weighted by molar-refractivity contribution is 5.86. The van der Waals surface area contributed by atoms with Gasteiger partial charge in [-0.15, -0.1) is 0 Å². The highest BCUT2D eigenvalue weighted by Crippen LogP contribution is 2.09. The molecule has 0 spiro atoms. The Kier molecular flexibility index (Phi) is 6.95. The van der Waals surface area contributed by atoms with E-state index >= 15 is 0 Å². The van der Waals surface area contributed by atoms with Crippen LogP contribution in [0.3, 0.4) is 0 Å². The van der Waals surface area contributed by atoms with E-state index in [0.29, 0.717) is 6.42 Å². The van der Waals surface area contributed by atoms with Crippen LogP contribution in [0.25, 0.3) is 0 Å². The predicted molar refractivity (Wildman–Crippen MR) is 65.0 cm³/mol. The SMILES string of the molecule is CNC(CCC(=O)N(F)C(C)C)C(=O)C(C)C. The molecule has 0 saturated carbocycles. The number of nitrogens with zero attached hydrogens (tertiary/aromatic N) is 1. The van der Waals surface area contributed by atoms with E-state index < -0.39 is 11.9 Å². The van der Waals surface area contributed by atoms with E-state index in [4.69, 9.17) is 0 Å². The number of likely N-dealkylation sites (N-methyl/N-ethyl adjacent to an activating group) is 1. The van der Waals surface area contributed by atoms with Gasteiger partial charge in [0.2, 0.25) is 0 Å². The van der Waals surface area contributed by atoms with E-state index in [-0.39, 0.29) is 29.3 Å². The first-order chi connectivity index (χ1) is 7.81. The van der Waals surface area contributed by atoms with Crippen molar-refractivity contribution in [2.24, 2.45) is 5.92 Å². The van der Waals surface area contributed by atoms with E-state index in [1.165, 1.54) is 0 Å². The first kappa shape index (κ1) is 16.0. The van der Waals surface area contributed by atoms with E-state index in [2.05, 4.69) is 5.32 Å². The molecule has 0 aromatic heterocycles. The van der Waals surface area contributed by atoms with Crippen molar-refractivity contribution in [3.05, 3.63) is 0 Å². The first-order valence-corrected chi connectivity index (χ1v) is 6.00. The fourth-order valence-corrected chi connectivity index (χ4v) is 1.49. The molecule has 0 heterocycles. The molecule has 0 saturated heterocycles. The summed E-state index contributed by atoms with van der Waals surface area (Å²) in [6.45, 7) is 6.83. The number of halogens is 1. The molecule has 0 aliphatic heterocycles. The van der Waals surface area contributed by atoms with Gasteiger partial charge in [0, 0.05) is 12.3 Å². The fourth-order valence-electron chi connectivity index (χ4n) is 1.49. The van der Waals surface area contributed by atoms with Gasteiger partial charge >= 0.3 is 0 Å². The minimum absolute atomic E-state index is 0.0403. The standard InChI is InChI=1S/C12H23FN2O2/c1-8(2)12(17)10(14-5)6-7-11(16)15(13)9(3)4/h8-10,14H,6-7H2,1-5H3. The van der Waals surface area contributed by atoms with Crippen LogP contribution in [-0.4, -0.2) is 35.9 Å². The van der Waals surface area contributed by atoms with Crippen LogP contribution in [0.1, 0.15) is 40.5 Å². The molecule has 0 fully saturated rings. The minimum Gasteiger partial charge on any atom is -0.311 e. The van der Waals surface area contributed by atoms with Gasteiger partial charge in [-0.2, -0.15) is 5.12 Å². The summed E-state index contributed by atoms with van der Waals surface area (Å²) in [5, 5.41) is 3.08. The predicted octanol–water partition coefficient (Wildman–Crippen LogP) is 1.70. The number of carbonyl (C=O) groups excluding carboxylic acids is 2. The van der Waals surface area contributed by atoms with Gasteiger partial charge in [-0.05, 0) is 27.3 Å². The maximum atomic E-state index is 13.2. The summed E-state index contributed by atoms with van der Waals surface area (Å²) in [6.07, 6.45) is 0.373. The fraction of sp³-hybridized carbons (Fsp3) is 0.833. The van der Waals surface area contributed by atoms with Crippen molar-refractivity contribution < 1.29 is 14.1 Å². The van der Waals surface area contributed by atoms with E-state index in [0.717, 1.165) is 0 Å². The van der Waals surface area contributed by atoms with Gasteiger partial charge in [0.1, 0.15) is 0 Å². The van der Waals surface area contributed by atoms with Crippen LogP contribution >= 0.6 is 0 Å². The lowest BCUT2D eigenvalue weighted by Crippen LogP contribution is -2.38. The van der Waals surface area contributed by atoms with E-state index in [1.807, 2.05) is 13.8 Å². The molecule has 1 unspecified atom stereocenters. The molecule has 0 rings (SSSR count). The molecule has 0 aliphatic carbocycles. The number of carbonyl (C=O) groups is 2. The summed E-state index contributed by atoms with van der Waals surface area (Å²) in [4.78, 5) is 23.1. The lowest BCUT2D eigenvalue weighted by molar-refractivity contribution is -0.150. The molecule has 1 amide bonds. The maximum absolute atomic E-state index is 13.2. The van der Waals surface area contributed by atoms with Crippen LogP contribution in [-0.2, 0) is 9.59 Å². The van der Waals surface area contributed by atoms with Gasteiger partial charge in [0.25, 0.3) is 5.91 Å². The summed E-state index contributed by atoms with van der Waals surface area (Å²) in [5.41, 5.74) is 0. The number of hydrogen-bond acceptors (Lipinski definition) is 3. The lowest BCUT2D eigenvalue weighted by Gasteiger charge is -2.19. The van der Waals surface area contributed by atoms with Crippen LogP contribution in [0.2, 0.25) is 0 Å². The number of Topliss-reactive ketones (excluding diaryl/α,β-unsaturated/α-hetero) is 1. The molecule has 5 heteroatoms. The van der Waals surface area contributed by atoms with Crippen molar-refractivity contribution >= 4 is 11.7 Å². The first-order valence-electron chi connectivity index (χ1n) is 6.00. The molecule has 1 N–H and O–H groups in total. The summed E-state index contributed by atoms with van der Waals surface area (Å²) in [6, 6.07) is -0.837. The normalized spacial score (nSPS) is 12.9. The highest BCUT2D eigenvalue weighted by Gasteiger charge is 2.22. The molecule has 17 heavy (non-hydrogen) atoms. The van der Waals surface area contributed by atoms with Crippen LogP contribution in [0.15, 0.2) is 0 Å². The maximum Gasteiger partial charge on any atom is 0.250 e. The third-order valence-electron chi connectivity index (χ3n) is 2.60. The monoisotopic (exact) mass is 246 g/mol. The van der Waals surface area contributed by atoms with Gasteiger partial charge in [-0.25, -0.2) is 0 Å². The summed E-state index contributed by atoms with van der Waals surface area (Å²) < 4.78 is 13.2. The third-order valence-corrected chi connectivity index (χ3v) is 2.60. The molecule has 0 aromatic rings. The third kappa shape index (κ3) is 5.26. The number of ketones is 1. The zero-order valence-corrected chi connectivity index (χ0v) is 11.3. The number of hydrogen-bond donors (Lipinski definition) is 1. The molecule has 0 bridgehead atoms. The molecule has 100 valence electrons. The Morgan fingerprint density at radius 2 is 1.76 bits per heavy atom. The summed E-state index contributed by atoms with van der Waals surface area (Å²) in [7, 11) is 1.67. The Morgan fingerprint density at radius 3 is 2.12 bits per heavy atom. The van der Waals surface area contributed by atoms with Gasteiger partial charge in [0.15, 0.2) is 5.78 Å². The van der Waals surface area contributed by atoms with Crippen LogP contribution < -0.4 is 5.32 Å². The van der Waals surface area contributed by atoms with Crippen LogP contribution in [0, 0.1) is 5.92 Å². The number of nitrogens with one attached hydrogen (secondary N) is 1. The smallest absolute Gasteiger partial charge is 0.250 e. The van der Waals surface area contributed by atoms with Gasteiger partial charge in [0.05, 0.1) is 12.1 Å². The molecule has 1 atom stereocenters. The zero-order valence-electron chi connectivity index (χ0n) is 11.3. The number of rotatable bonds is 7. The van der Waals surface area contributed by atoms with Crippen molar-refractivity contribution in [3.63, 3.8) is 0 Å². The second-order valence-electron chi connectivity index (χ2n) is 4.74. The quantitative estimate of drug-likeness (QED) is 0.696. The van der Waals surface area contributed by atoms with Gasteiger partial charge in [-0.1, -0.05) is 18.3 Å². The summed E-state index contributed by atoms with van der Waals surface area (Å²) in [5.74, 6) is -0.610. The zero-order chi connectivity index (χ0) is 13.6. The Bertz CT molecular complexity index is 267. The Balaban J connectivity index is 4.25. The Morgan fingerprint density at radius 1 is 1.24 bits per heavy atom. The molecular weight excluding hydrogens is 223 g/mol. The van der Waals surface area contributed by atoms with Gasteiger partial charge in [-0.3, -0.25) is 9.59 Å². The Hall–Kier alpha value is -0.970. The average molecular weight is 246 g/mol. The van der Waals surface area contributed by atoms with Crippen molar-refractivity contribution in [2.75, 3.05) is 7.05 Å². The topological polar surface area (TPSA) is 49.4 Å². The van der Waals surface area contributed by atoms with Crippen LogP contribution in [0.5, 0.6) is 0 Å². The minimum atomic E-state index is -0.572. The van der Waals surface area contributed by atoms with Crippen molar-refractivity contribution in [1.29, 1.82) is 0 Å². The lowest BCUT2D eigenvalue weighted by atomic mass is 9.98. The van der Waals surface area contributed by atoms with Gasteiger partial charge < -0.3 is 5.32 Å². The van der Waals surface area contributed by atoms with Crippen LogP contribution in [0.4, 0.5) is 4.48 Å². The van der Waals surface area contributed by atoms with Crippen molar-refractivity contribution in [3.8, 4) is 0 Å². The molecule has 0 aliphatic rings. The van der Waals surface area contributed by atoms with E-state index in [1.54, 1.807) is 20.9 Å². The second-order valence-corrected chi connectivity index (χ2v) is 4.74. The molecule has 0 aromatic carbocycles. The highest BCUT2D eigenvalue weighted by atomic mass is 19.2. The summed E-state index contributed by atoms with van der Waals surface area (Å²) >= 11 is 0. The number of amides is 1.